The normalized spacial score (nSPS) is 10.9. The van der Waals surface area contributed by atoms with Crippen LogP contribution in [0.2, 0.25) is 0 Å². The fourth-order valence-corrected chi connectivity index (χ4v) is 3.24. The predicted molar refractivity (Wildman–Crippen MR) is 105 cm³/mol. The Balaban J connectivity index is 1.98. The van der Waals surface area contributed by atoms with E-state index in [4.69, 9.17) is 14.9 Å². The number of ketones is 1. The molecule has 6 nitrogen and oxygen atoms in total. The molecule has 0 spiro atoms. The summed E-state index contributed by atoms with van der Waals surface area (Å²) < 4.78 is 14.3. The average Bonchev–Trinajstić information content (AvgIpc) is 2.97. The Labute approximate surface area is 158 Å². The van der Waals surface area contributed by atoms with Crippen LogP contribution in [0.4, 0.5) is 0 Å². The van der Waals surface area contributed by atoms with Crippen molar-refractivity contribution in [2.45, 2.75) is 32.9 Å². The van der Waals surface area contributed by atoms with Gasteiger partial charge in [-0.1, -0.05) is 25.5 Å². The van der Waals surface area contributed by atoms with Crippen LogP contribution < -0.4 is 15.1 Å². The number of carbonyl (C=O) groups is 1. The molecule has 0 amide bonds. The monoisotopic (exact) mass is 367 g/mol. The number of para-hydroxylation sites is 2. The first-order valence-corrected chi connectivity index (χ1v) is 9.08. The fourth-order valence-electron chi connectivity index (χ4n) is 3.24. The van der Waals surface area contributed by atoms with E-state index in [1.165, 1.54) is 0 Å². The molecule has 0 aliphatic heterocycles. The van der Waals surface area contributed by atoms with Crippen molar-refractivity contribution in [3.63, 3.8) is 0 Å². The molecule has 3 aromatic rings. The van der Waals surface area contributed by atoms with Crippen molar-refractivity contribution in [3.8, 4) is 11.5 Å². The van der Waals surface area contributed by atoms with Crippen LogP contribution in [0.3, 0.4) is 0 Å². The first-order chi connectivity index (χ1) is 13.1. The number of Topliss-reactive ketones (excluding diaryl/α,β-unsaturated/α-hetero) is 1. The van der Waals surface area contributed by atoms with Crippen LogP contribution in [-0.2, 0) is 13.1 Å². The summed E-state index contributed by atoms with van der Waals surface area (Å²) in [6.45, 7) is 3.01. The Morgan fingerprint density at radius 1 is 1.00 bits per heavy atom. The van der Waals surface area contributed by atoms with E-state index in [9.17, 15) is 4.79 Å². The summed E-state index contributed by atoms with van der Waals surface area (Å²) in [5.74, 6) is 1.02. The maximum atomic E-state index is 12.9. The van der Waals surface area contributed by atoms with Gasteiger partial charge >= 0.3 is 0 Å². The number of nitrogens with zero attached hydrogens (tertiary/aromatic N) is 2. The van der Waals surface area contributed by atoms with E-state index in [0.29, 0.717) is 22.7 Å². The second kappa shape index (κ2) is 8.12. The van der Waals surface area contributed by atoms with Crippen LogP contribution >= 0.6 is 0 Å². The van der Waals surface area contributed by atoms with Crippen molar-refractivity contribution in [2.24, 2.45) is 0 Å². The summed E-state index contributed by atoms with van der Waals surface area (Å²) in [4.78, 5) is 12.9. The van der Waals surface area contributed by atoms with Gasteiger partial charge in [-0.2, -0.15) is 0 Å². The zero-order valence-electron chi connectivity index (χ0n) is 16.0. The topological polar surface area (TPSA) is 69.2 Å². The molecule has 0 aliphatic rings. The Hall–Kier alpha value is -3.02. The fraction of sp³-hybridized carbons (Fsp3) is 0.333. The van der Waals surface area contributed by atoms with E-state index in [0.717, 1.165) is 30.4 Å². The number of hydrogen-bond acceptors (Lipinski definition) is 4. The first-order valence-electron chi connectivity index (χ1n) is 9.08. The Kier molecular flexibility index (Phi) is 5.64. The summed E-state index contributed by atoms with van der Waals surface area (Å²) in [5, 5.41) is 8.58. The molecule has 3 rings (SSSR count). The Morgan fingerprint density at radius 2 is 1.67 bits per heavy atom. The van der Waals surface area contributed by atoms with E-state index >= 15 is 0 Å². The van der Waals surface area contributed by atoms with Crippen molar-refractivity contribution in [1.29, 1.82) is 5.41 Å². The van der Waals surface area contributed by atoms with Crippen molar-refractivity contribution in [2.75, 3.05) is 14.2 Å². The van der Waals surface area contributed by atoms with Crippen molar-refractivity contribution in [3.05, 3.63) is 53.6 Å². The van der Waals surface area contributed by atoms with Gasteiger partial charge in [-0.15, -0.1) is 0 Å². The quantitative estimate of drug-likeness (QED) is 0.618. The van der Waals surface area contributed by atoms with Crippen LogP contribution in [0.15, 0.2) is 42.5 Å². The van der Waals surface area contributed by atoms with Crippen molar-refractivity contribution >= 4 is 16.8 Å². The van der Waals surface area contributed by atoms with E-state index in [1.807, 2.05) is 28.8 Å². The van der Waals surface area contributed by atoms with Gasteiger partial charge in [0.25, 0.3) is 0 Å². The molecule has 27 heavy (non-hydrogen) atoms. The van der Waals surface area contributed by atoms with Gasteiger partial charge in [0.15, 0.2) is 17.3 Å². The molecule has 1 heterocycles. The molecule has 6 heteroatoms. The maximum Gasteiger partial charge on any atom is 0.203 e. The van der Waals surface area contributed by atoms with E-state index in [1.54, 1.807) is 37.0 Å². The van der Waals surface area contributed by atoms with Gasteiger partial charge in [0, 0.05) is 12.1 Å². The number of rotatable bonds is 8. The molecule has 0 bridgehead atoms. The molecule has 0 radical (unpaired) electrons. The third-order valence-electron chi connectivity index (χ3n) is 4.72. The number of imidazole rings is 1. The van der Waals surface area contributed by atoms with Crippen LogP contribution in [-0.4, -0.2) is 29.1 Å². The molecule has 0 saturated carbocycles. The minimum Gasteiger partial charge on any atom is -0.493 e. The summed E-state index contributed by atoms with van der Waals surface area (Å²) in [5.41, 5.74) is 2.76. The van der Waals surface area contributed by atoms with Gasteiger partial charge < -0.3 is 18.6 Å². The summed E-state index contributed by atoms with van der Waals surface area (Å²) in [6, 6.07) is 13.0. The van der Waals surface area contributed by atoms with Gasteiger partial charge in [-0.25, -0.2) is 0 Å². The van der Waals surface area contributed by atoms with E-state index in [2.05, 4.69) is 6.92 Å². The van der Waals surface area contributed by atoms with Gasteiger partial charge in [0.2, 0.25) is 5.62 Å². The average molecular weight is 367 g/mol. The molecule has 0 atom stereocenters. The molecule has 0 unspecified atom stereocenters. The highest BCUT2D eigenvalue weighted by molar-refractivity contribution is 5.97. The lowest BCUT2D eigenvalue weighted by molar-refractivity contribution is 0.0971. The van der Waals surface area contributed by atoms with Gasteiger partial charge in [0.05, 0.1) is 31.8 Å². The van der Waals surface area contributed by atoms with Gasteiger partial charge in [0.1, 0.15) is 0 Å². The molecular formula is C21H25N3O3. The minimum absolute atomic E-state index is 0.0761. The number of carbonyl (C=O) groups excluding carboxylic acids is 1. The van der Waals surface area contributed by atoms with Crippen molar-refractivity contribution in [1.82, 2.24) is 9.13 Å². The molecule has 0 fully saturated rings. The largest absolute Gasteiger partial charge is 0.493 e. The standard InChI is InChI=1S/C21H25N3O3/c1-4-5-12-23-16-8-6-7-9-17(16)24(21(23)22)14-18(25)15-10-11-19(26-2)20(13-15)27-3/h6-11,13,22H,4-5,12,14H2,1-3H3. The Bertz CT molecular complexity index is 1020. The summed E-state index contributed by atoms with van der Waals surface area (Å²) >= 11 is 0. The summed E-state index contributed by atoms with van der Waals surface area (Å²) in [6.07, 6.45) is 2.05. The minimum atomic E-state index is -0.0761. The first kappa shape index (κ1) is 18.8. The number of hydrogen-bond donors (Lipinski definition) is 1. The highest BCUT2D eigenvalue weighted by Gasteiger charge is 2.16. The second-order valence-electron chi connectivity index (χ2n) is 6.40. The molecule has 0 saturated heterocycles. The molecule has 1 aromatic heterocycles. The van der Waals surface area contributed by atoms with Crippen molar-refractivity contribution < 1.29 is 14.3 Å². The number of aromatic nitrogens is 2. The zero-order valence-corrected chi connectivity index (χ0v) is 16.0. The Morgan fingerprint density at radius 3 is 2.30 bits per heavy atom. The number of nitrogens with one attached hydrogen (secondary N) is 1. The smallest absolute Gasteiger partial charge is 0.203 e. The number of unbranched alkanes of at least 4 members (excludes halogenated alkanes) is 1. The molecule has 142 valence electrons. The summed E-state index contributed by atoms with van der Waals surface area (Å²) in [7, 11) is 3.11. The third-order valence-corrected chi connectivity index (χ3v) is 4.72. The number of ether oxygens (including phenoxy) is 2. The van der Waals surface area contributed by atoms with Crippen LogP contribution in [0.25, 0.3) is 11.0 Å². The highest BCUT2D eigenvalue weighted by Crippen LogP contribution is 2.28. The van der Waals surface area contributed by atoms with Gasteiger partial charge in [-0.05, 0) is 36.8 Å². The number of aryl methyl sites for hydroxylation is 1. The molecule has 1 N–H and O–H groups in total. The lowest BCUT2D eigenvalue weighted by atomic mass is 10.1. The highest BCUT2D eigenvalue weighted by atomic mass is 16.5. The molecule has 2 aromatic carbocycles. The van der Waals surface area contributed by atoms with Crippen LogP contribution in [0, 0.1) is 5.41 Å². The SMILES string of the molecule is CCCCn1c(=N)n(CC(=O)c2ccc(OC)c(OC)c2)c2ccccc21. The molecule has 0 aliphatic carbocycles. The van der Waals surface area contributed by atoms with E-state index < -0.39 is 0 Å². The maximum absolute atomic E-state index is 12.9. The van der Waals surface area contributed by atoms with Crippen LogP contribution in [0.5, 0.6) is 11.5 Å². The zero-order chi connectivity index (χ0) is 19.4. The lowest BCUT2D eigenvalue weighted by Gasteiger charge is -2.09. The van der Waals surface area contributed by atoms with E-state index in [-0.39, 0.29) is 12.3 Å². The second-order valence-corrected chi connectivity index (χ2v) is 6.40. The number of benzene rings is 2. The van der Waals surface area contributed by atoms with Gasteiger partial charge in [-0.3, -0.25) is 10.2 Å². The molecular weight excluding hydrogens is 342 g/mol. The number of methoxy groups -OCH3 is 2. The number of fused-ring (bicyclic) bond motifs is 1. The lowest BCUT2D eigenvalue weighted by Crippen LogP contribution is -2.27. The van der Waals surface area contributed by atoms with Crippen LogP contribution in [0.1, 0.15) is 30.1 Å². The predicted octanol–water partition coefficient (Wildman–Crippen LogP) is 3.62. The third kappa shape index (κ3) is 3.60.